The Morgan fingerprint density at radius 3 is 2.17 bits per heavy atom. The molecule has 4 aromatic carbocycles. The Balaban J connectivity index is 1.57. The Morgan fingerprint density at radius 2 is 1.50 bits per heavy atom. The Hall–Kier alpha value is -4.13. The highest BCUT2D eigenvalue weighted by atomic mass is 19.4. The Bertz CT molecular complexity index is 1570. The van der Waals surface area contributed by atoms with Crippen molar-refractivity contribution in [3.8, 4) is 17.2 Å². The lowest BCUT2D eigenvalue weighted by Crippen LogP contribution is -2.35. The molecule has 206 valence electrons. The molecule has 1 unspecified atom stereocenters. The summed E-state index contributed by atoms with van der Waals surface area (Å²) in [6, 6.07) is 21.7. The first kappa shape index (κ1) is 26.1. The highest BCUT2D eigenvalue weighted by Gasteiger charge is 2.41. The SMILES string of the molecule is COc1ccc(C2(c3ccc(OC)c(C(F)(F)F)c3)C=Cc3c(cc(N4CCCCC4)c4ccccc34)O2)cc1. The lowest BCUT2D eigenvalue weighted by molar-refractivity contribution is -0.138. The van der Waals surface area contributed by atoms with E-state index in [0.717, 1.165) is 54.0 Å². The van der Waals surface area contributed by atoms with E-state index in [2.05, 4.69) is 23.1 Å². The summed E-state index contributed by atoms with van der Waals surface area (Å²) in [6.07, 6.45) is 2.67. The average molecular weight is 546 g/mol. The molecule has 2 aliphatic heterocycles. The number of hydrogen-bond acceptors (Lipinski definition) is 4. The highest BCUT2D eigenvalue weighted by Crippen LogP contribution is 2.48. The predicted molar refractivity (Wildman–Crippen MR) is 151 cm³/mol. The first-order chi connectivity index (χ1) is 19.3. The molecule has 6 rings (SSSR count). The number of rotatable bonds is 5. The summed E-state index contributed by atoms with van der Waals surface area (Å²) in [5.74, 6) is 1.03. The number of methoxy groups -OCH3 is 2. The van der Waals surface area contributed by atoms with Gasteiger partial charge >= 0.3 is 6.18 Å². The number of anilines is 1. The van der Waals surface area contributed by atoms with Gasteiger partial charge in [-0.1, -0.05) is 42.5 Å². The van der Waals surface area contributed by atoms with Gasteiger partial charge in [0.25, 0.3) is 0 Å². The second kappa shape index (κ2) is 10.1. The summed E-state index contributed by atoms with van der Waals surface area (Å²) in [7, 11) is 2.81. The number of nitrogens with zero attached hydrogens (tertiary/aromatic N) is 1. The van der Waals surface area contributed by atoms with Gasteiger partial charge in [0.2, 0.25) is 0 Å². The number of benzene rings is 4. The molecule has 2 aliphatic rings. The fraction of sp³-hybridized carbons (Fsp3) is 0.273. The van der Waals surface area contributed by atoms with E-state index in [0.29, 0.717) is 22.6 Å². The minimum atomic E-state index is -4.60. The molecule has 4 aromatic rings. The third-order valence-electron chi connectivity index (χ3n) is 7.93. The van der Waals surface area contributed by atoms with Gasteiger partial charge in [-0.2, -0.15) is 13.2 Å². The van der Waals surface area contributed by atoms with E-state index < -0.39 is 17.3 Å². The van der Waals surface area contributed by atoms with Crippen molar-refractivity contribution in [1.82, 2.24) is 0 Å². The van der Waals surface area contributed by atoms with Crippen LogP contribution in [0.5, 0.6) is 17.2 Å². The van der Waals surface area contributed by atoms with Crippen LogP contribution in [0.4, 0.5) is 18.9 Å². The van der Waals surface area contributed by atoms with Gasteiger partial charge in [-0.3, -0.25) is 0 Å². The van der Waals surface area contributed by atoms with Crippen molar-refractivity contribution < 1.29 is 27.4 Å². The Morgan fingerprint density at radius 1 is 0.800 bits per heavy atom. The van der Waals surface area contributed by atoms with Crippen molar-refractivity contribution in [2.24, 2.45) is 0 Å². The first-order valence-electron chi connectivity index (χ1n) is 13.4. The molecule has 4 nitrogen and oxygen atoms in total. The Labute approximate surface area is 231 Å². The van der Waals surface area contributed by atoms with Crippen molar-refractivity contribution in [2.75, 3.05) is 32.2 Å². The molecule has 1 fully saturated rings. The van der Waals surface area contributed by atoms with E-state index in [4.69, 9.17) is 14.2 Å². The number of piperidine rings is 1. The second-order valence-electron chi connectivity index (χ2n) is 10.2. The number of alkyl halides is 3. The maximum absolute atomic E-state index is 14.1. The quantitative estimate of drug-likeness (QED) is 0.253. The summed E-state index contributed by atoms with van der Waals surface area (Å²) in [4.78, 5) is 2.39. The van der Waals surface area contributed by atoms with Crippen LogP contribution in [-0.2, 0) is 11.8 Å². The molecule has 0 bridgehead atoms. The van der Waals surface area contributed by atoms with Gasteiger partial charge in [-0.05, 0) is 61.1 Å². The molecule has 40 heavy (non-hydrogen) atoms. The predicted octanol–water partition coefficient (Wildman–Crippen LogP) is 8.22. The molecule has 0 spiro atoms. The van der Waals surface area contributed by atoms with Gasteiger partial charge in [-0.25, -0.2) is 0 Å². The van der Waals surface area contributed by atoms with E-state index in [1.54, 1.807) is 25.3 Å². The van der Waals surface area contributed by atoms with Crippen LogP contribution < -0.4 is 19.1 Å². The zero-order chi connectivity index (χ0) is 27.9. The number of ether oxygens (including phenoxy) is 3. The zero-order valence-corrected chi connectivity index (χ0v) is 22.4. The van der Waals surface area contributed by atoms with E-state index in [1.807, 2.05) is 36.4 Å². The molecule has 1 saturated heterocycles. The van der Waals surface area contributed by atoms with Crippen LogP contribution in [0.15, 0.2) is 78.9 Å². The molecule has 1 atom stereocenters. The molecule has 7 heteroatoms. The molecule has 0 aliphatic carbocycles. The molecular formula is C33H30F3NO3. The fourth-order valence-corrected chi connectivity index (χ4v) is 5.89. The van der Waals surface area contributed by atoms with Gasteiger partial charge in [0.05, 0.1) is 19.8 Å². The normalized spacial score (nSPS) is 18.8. The highest BCUT2D eigenvalue weighted by molar-refractivity contribution is 6.02. The minimum absolute atomic E-state index is 0.236. The third kappa shape index (κ3) is 4.43. The smallest absolute Gasteiger partial charge is 0.419 e. The maximum Gasteiger partial charge on any atom is 0.419 e. The first-order valence-corrected chi connectivity index (χ1v) is 13.4. The zero-order valence-electron chi connectivity index (χ0n) is 22.4. The van der Waals surface area contributed by atoms with Crippen LogP contribution in [0.25, 0.3) is 16.8 Å². The van der Waals surface area contributed by atoms with Crippen LogP contribution >= 0.6 is 0 Å². The van der Waals surface area contributed by atoms with Crippen LogP contribution in [0.3, 0.4) is 0 Å². The largest absolute Gasteiger partial charge is 0.497 e. The van der Waals surface area contributed by atoms with Crippen molar-refractivity contribution in [3.05, 3.63) is 101 Å². The van der Waals surface area contributed by atoms with Crippen LogP contribution in [0.2, 0.25) is 0 Å². The number of halogens is 3. The molecule has 2 heterocycles. The van der Waals surface area contributed by atoms with Crippen molar-refractivity contribution in [3.63, 3.8) is 0 Å². The number of fused-ring (bicyclic) bond motifs is 3. The van der Waals surface area contributed by atoms with Crippen molar-refractivity contribution in [1.29, 1.82) is 0 Å². The topological polar surface area (TPSA) is 30.9 Å². The monoisotopic (exact) mass is 545 g/mol. The molecule has 0 N–H and O–H groups in total. The summed E-state index contributed by atoms with van der Waals surface area (Å²) in [6.45, 7) is 1.91. The molecule has 0 radical (unpaired) electrons. The van der Waals surface area contributed by atoms with E-state index in [9.17, 15) is 13.2 Å². The molecule has 0 amide bonds. The van der Waals surface area contributed by atoms with Gasteiger partial charge < -0.3 is 19.1 Å². The van der Waals surface area contributed by atoms with Crippen LogP contribution in [0, 0.1) is 0 Å². The summed E-state index contributed by atoms with van der Waals surface area (Å²) >= 11 is 0. The second-order valence-corrected chi connectivity index (χ2v) is 10.2. The van der Waals surface area contributed by atoms with Crippen molar-refractivity contribution in [2.45, 2.75) is 31.0 Å². The lowest BCUT2D eigenvalue weighted by Gasteiger charge is -2.38. The van der Waals surface area contributed by atoms with Gasteiger partial charge in [0.1, 0.15) is 17.2 Å². The molecule has 0 saturated carbocycles. The fourth-order valence-electron chi connectivity index (χ4n) is 5.89. The molecular weight excluding hydrogens is 515 g/mol. The summed E-state index contributed by atoms with van der Waals surface area (Å²) < 4.78 is 59.7. The average Bonchev–Trinajstić information content (AvgIpc) is 3.00. The summed E-state index contributed by atoms with van der Waals surface area (Å²) in [5.41, 5.74) is 0.855. The van der Waals surface area contributed by atoms with Crippen LogP contribution in [-0.4, -0.2) is 27.3 Å². The van der Waals surface area contributed by atoms with Gasteiger partial charge in [0, 0.05) is 46.9 Å². The van der Waals surface area contributed by atoms with Crippen LogP contribution in [0.1, 0.15) is 41.5 Å². The standard InChI is InChI=1S/C33H30F3NO3/c1-38-24-13-10-22(11-14-24)32(23-12-15-30(39-2)28(20-23)33(34,35)36)17-16-27-25-8-4-5-9-26(25)29(21-31(27)40-32)37-18-6-3-7-19-37/h4-5,8-17,20-21H,3,6-7,18-19H2,1-2H3. The minimum Gasteiger partial charge on any atom is -0.497 e. The maximum atomic E-state index is 14.1. The van der Waals surface area contributed by atoms with E-state index in [-0.39, 0.29) is 5.75 Å². The Kier molecular flexibility index (Phi) is 6.61. The van der Waals surface area contributed by atoms with Gasteiger partial charge in [-0.15, -0.1) is 0 Å². The lowest BCUT2D eigenvalue weighted by atomic mass is 9.82. The molecule has 0 aromatic heterocycles. The third-order valence-corrected chi connectivity index (χ3v) is 7.93. The van der Waals surface area contributed by atoms with E-state index in [1.165, 1.54) is 19.6 Å². The van der Waals surface area contributed by atoms with E-state index >= 15 is 0 Å². The van der Waals surface area contributed by atoms with Crippen molar-refractivity contribution >= 4 is 22.5 Å². The summed E-state index contributed by atoms with van der Waals surface area (Å²) in [5, 5.41) is 2.18. The van der Waals surface area contributed by atoms with Gasteiger partial charge in [0.15, 0.2) is 5.60 Å². The number of hydrogen-bond donors (Lipinski definition) is 0.